The Kier molecular flexibility index (Phi) is 3.32. The third-order valence-corrected chi connectivity index (χ3v) is 3.77. The first-order valence-corrected chi connectivity index (χ1v) is 6.47. The molecular formula is C13H22N4O. The highest BCUT2D eigenvalue weighted by atomic mass is 16.1. The van der Waals surface area contributed by atoms with Crippen molar-refractivity contribution in [1.82, 2.24) is 15.1 Å². The van der Waals surface area contributed by atoms with E-state index >= 15 is 0 Å². The zero-order valence-electron chi connectivity index (χ0n) is 11.4. The monoisotopic (exact) mass is 250 g/mol. The molecular weight excluding hydrogens is 228 g/mol. The fourth-order valence-electron chi connectivity index (χ4n) is 2.71. The molecule has 1 aliphatic rings. The number of aryl methyl sites for hydroxylation is 1. The predicted molar refractivity (Wildman–Crippen MR) is 71.1 cm³/mol. The van der Waals surface area contributed by atoms with Crippen molar-refractivity contribution in [3.8, 4) is 0 Å². The van der Waals surface area contributed by atoms with Gasteiger partial charge in [0.15, 0.2) is 0 Å². The lowest BCUT2D eigenvalue weighted by Crippen LogP contribution is -2.40. The minimum absolute atomic E-state index is 0.108. The molecule has 0 aromatic carbocycles. The van der Waals surface area contributed by atoms with Crippen molar-refractivity contribution in [1.29, 1.82) is 0 Å². The van der Waals surface area contributed by atoms with Crippen LogP contribution in [-0.4, -0.2) is 21.7 Å². The smallest absolute Gasteiger partial charge is 0.256 e. The Morgan fingerprint density at radius 1 is 1.61 bits per heavy atom. The van der Waals surface area contributed by atoms with Crippen molar-refractivity contribution >= 4 is 11.7 Å². The van der Waals surface area contributed by atoms with Crippen molar-refractivity contribution in [2.45, 2.75) is 45.6 Å². The van der Waals surface area contributed by atoms with E-state index in [2.05, 4.69) is 24.3 Å². The molecule has 1 saturated carbocycles. The Morgan fingerprint density at radius 3 is 2.89 bits per heavy atom. The van der Waals surface area contributed by atoms with Gasteiger partial charge in [-0.15, -0.1) is 0 Å². The van der Waals surface area contributed by atoms with Crippen molar-refractivity contribution in [3.05, 3.63) is 11.8 Å². The molecule has 0 bridgehead atoms. The average Bonchev–Trinajstić information content (AvgIpc) is 2.58. The highest BCUT2D eigenvalue weighted by Crippen LogP contribution is 2.35. The number of nitrogens with two attached hydrogens (primary N) is 1. The molecule has 2 rings (SSSR count). The largest absolute Gasteiger partial charge is 0.383 e. The number of anilines is 1. The van der Waals surface area contributed by atoms with E-state index in [-0.39, 0.29) is 11.9 Å². The molecule has 0 radical (unpaired) electrons. The lowest BCUT2D eigenvalue weighted by atomic mass is 9.75. The van der Waals surface area contributed by atoms with Gasteiger partial charge in [0, 0.05) is 13.1 Å². The molecule has 100 valence electrons. The van der Waals surface area contributed by atoms with Crippen LogP contribution in [0.2, 0.25) is 0 Å². The molecule has 18 heavy (non-hydrogen) atoms. The molecule has 5 nitrogen and oxygen atoms in total. The second-order valence-electron chi connectivity index (χ2n) is 6.00. The van der Waals surface area contributed by atoms with Crippen LogP contribution in [-0.2, 0) is 7.05 Å². The van der Waals surface area contributed by atoms with Crippen molar-refractivity contribution in [3.63, 3.8) is 0 Å². The molecule has 1 unspecified atom stereocenters. The van der Waals surface area contributed by atoms with Crippen LogP contribution in [0.1, 0.15) is 49.9 Å². The molecule has 1 aromatic heterocycles. The fraction of sp³-hybridized carbons (Fsp3) is 0.692. The van der Waals surface area contributed by atoms with Crippen LogP contribution in [0.3, 0.4) is 0 Å². The van der Waals surface area contributed by atoms with Crippen LogP contribution in [0.4, 0.5) is 5.82 Å². The Morgan fingerprint density at radius 2 is 2.33 bits per heavy atom. The number of nitrogens with zero attached hydrogens (tertiary/aromatic N) is 2. The van der Waals surface area contributed by atoms with E-state index in [1.54, 1.807) is 7.05 Å². The van der Waals surface area contributed by atoms with E-state index < -0.39 is 0 Å². The first kappa shape index (κ1) is 12.9. The van der Waals surface area contributed by atoms with Gasteiger partial charge in [-0.2, -0.15) is 5.10 Å². The summed E-state index contributed by atoms with van der Waals surface area (Å²) in [7, 11) is 1.73. The van der Waals surface area contributed by atoms with Crippen molar-refractivity contribution in [2.24, 2.45) is 12.5 Å². The third kappa shape index (κ3) is 2.66. The van der Waals surface area contributed by atoms with E-state index in [9.17, 15) is 4.79 Å². The number of hydrogen-bond acceptors (Lipinski definition) is 3. The average molecular weight is 250 g/mol. The summed E-state index contributed by atoms with van der Waals surface area (Å²) in [5, 5.41) is 7.06. The van der Waals surface area contributed by atoms with Crippen molar-refractivity contribution in [2.75, 3.05) is 5.73 Å². The molecule has 5 heteroatoms. The molecule has 1 aromatic rings. The van der Waals surface area contributed by atoms with Gasteiger partial charge in [-0.05, 0) is 24.7 Å². The minimum atomic E-state index is -0.108. The highest BCUT2D eigenvalue weighted by molar-refractivity contribution is 5.98. The van der Waals surface area contributed by atoms with Gasteiger partial charge in [-0.3, -0.25) is 9.48 Å². The summed E-state index contributed by atoms with van der Waals surface area (Å²) in [6.45, 7) is 4.51. The summed E-state index contributed by atoms with van der Waals surface area (Å²) in [6, 6.07) is 0.251. The van der Waals surface area contributed by atoms with Crippen LogP contribution in [0.25, 0.3) is 0 Å². The molecule has 0 aliphatic heterocycles. The lowest BCUT2D eigenvalue weighted by Gasteiger charge is -2.35. The number of rotatable bonds is 2. The highest BCUT2D eigenvalue weighted by Gasteiger charge is 2.29. The van der Waals surface area contributed by atoms with Crippen LogP contribution in [0.5, 0.6) is 0 Å². The zero-order valence-corrected chi connectivity index (χ0v) is 11.4. The number of carbonyl (C=O) groups is 1. The lowest BCUT2D eigenvalue weighted by molar-refractivity contribution is 0.0903. The molecule has 0 saturated heterocycles. The third-order valence-electron chi connectivity index (χ3n) is 3.77. The summed E-state index contributed by atoms with van der Waals surface area (Å²) in [5.41, 5.74) is 6.59. The Balaban J connectivity index is 2.01. The number of aromatic nitrogens is 2. The van der Waals surface area contributed by atoms with E-state index in [4.69, 9.17) is 5.73 Å². The second kappa shape index (κ2) is 4.63. The first-order valence-electron chi connectivity index (χ1n) is 6.47. The van der Waals surface area contributed by atoms with Gasteiger partial charge in [0.05, 0.1) is 6.20 Å². The summed E-state index contributed by atoms with van der Waals surface area (Å²) >= 11 is 0. The quantitative estimate of drug-likeness (QED) is 0.839. The fourth-order valence-corrected chi connectivity index (χ4v) is 2.71. The number of nitrogens with one attached hydrogen (secondary N) is 1. The molecule has 1 heterocycles. The molecule has 1 amide bonds. The molecule has 0 spiro atoms. The summed E-state index contributed by atoms with van der Waals surface area (Å²) in [5.74, 6) is 0.311. The van der Waals surface area contributed by atoms with Gasteiger partial charge in [0.1, 0.15) is 11.4 Å². The first-order chi connectivity index (χ1) is 8.39. The van der Waals surface area contributed by atoms with Gasteiger partial charge in [-0.25, -0.2) is 0 Å². The SMILES string of the molecule is Cn1ncc(C(=O)NC2CCCC(C)(C)C2)c1N. The summed E-state index contributed by atoms with van der Waals surface area (Å²) < 4.78 is 1.51. The summed E-state index contributed by atoms with van der Waals surface area (Å²) in [6.07, 6.45) is 6.00. The number of carbonyl (C=O) groups excluding carboxylic acids is 1. The predicted octanol–water partition coefficient (Wildman–Crippen LogP) is 1.70. The maximum Gasteiger partial charge on any atom is 0.256 e. The molecule has 1 atom stereocenters. The molecule has 3 N–H and O–H groups in total. The Labute approximate surface area is 108 Å². The number of hydrogen-bond donors (Lipinski definition) is 2. The van der Waals surface area contributed by atoms with Crippen LogP contribution >= 0.6 is 0 Å². The van der Waals surface area contributed by atoms with E-state index in [0.29, 0.717) is 16.8 Å². The topological polar surface area (TPSA) is 72.9 Å². The van der Waals surface area contributed by atoms with Gasteiger partial charge in [-0.1, -0.05) is 20.3 Å². The van der Waals surface area contributed by atoms with Gasteiger partial charge >= 0.3 is 0 Å². The van der Waals surface area contributed by atoms with Gasteiger partial charge < -0.3 is 11.1 Å². The Hall–Kier alpha value is -1.52. The zero-order chi connectivity index (χ0) is 13.3. The second-order valence-corrected chi connectivity index (χ2v) is 6.00. The van der Waals surface area contributed by atoms with Crippen LogP contribution < -0.4 is 11.1 Å². The van der Waals surface area contributed by atoms with Gasteiger partial charge in [0.2, 0.25) is 0 Å². The molecule has 1 fully saturated rings. The normalized spacial score (nSPS) is 22.7. The maximum absolute atomic E-state index is 12.1. The van der Waals surface area contributed by atoms with Crippen molar-refractivity contribution < 1.29 is 4.79 Å². The van der Waals surface area contributed by atoms with Gasteiger partial charge in [0.25, 0.3) is 5.91 Å². The van der Waals surface area contributed by atoms with Crippen LogP contribution in [0.15, 0.2) is 6.20 Å². The summed E-state index contributed by atoms with van der Waals surface area (Å²) in [4.78, 5) is 12.1. The number of nitrogen functional groups attached to an aromatic ring is 1. The van der Waals surface area contributed by atoms with E-state index in [1.807, 2.05) is 0 Å². The van der Waals surface area contributed by atoms with E-state index in [0.717, 1.165) is 12.8 Å². The van der Waals surface area contributed by atoms with Crippen LogP contribution in [0, 0.1) is 5.41 Å². The number of amides is 1. The van der Waals surface area contributed by atoms with E-state index in [1.165, 1.54) is 23.7 Å². The maximum atomic E-state index is 12.1. The standard InChI is InChI=1S/C13H22N4O/c1-13(2)6-4-5-9(7-13)16-12(18)10-8-15-17(3)11(10)14/h8-9H,4-7,14H2,1-3H3,(H,16,18). The Bertz CT molecular complexity index is 450. The molecule has 1 aliphatic carbocycles. The minimum Gasteiger partial charge on any atom is -0.383 e.